The molecule has 0 fully saturated rings. The van der Waals surface area contributed by atoms with Crippen LogP contribution in [-0.4, -0.2) is 25.5 Å². The molecular formula is C12H22O5. The maximum Gasteiger partial charge on any atom is 0.307 e. The van der Waals surface area contributed by atoms with Gasteiger partial charge in [-0.15, -0.1) is 0 Å². The zero-order valence-corrected chi connectivity index (χ0v) is 10.7. The second kappa shape index (κ2) is 11.4. The van der Waals surface area contributed by atoms with Crippen LogP contribution in [0.3, 0.4) is 0 Å². The summed E-state index contributed by atoms with van der Waals surface area (Å²) in [6.07, 6.45) is 4.32. The highest BCUT2D eigenvalue weighted by Crippen LogP contribution is 1.98. The summed E-state index contributed by atoms with van der Waals surface area (Å²) in [6, 6.07) is 0. The largest absolute Gasteiger partial charge is 0.438 e. The molecule has 100 valence electrons. The number of esters is 2. The molecule has 0 aliphatic carbocycles. The summed E-state index contributed by atoms with van der Waals surface area (Å²) in [5.41, 5.74) is 0. The Labute approximate surface area is 102 Å². The quantitative estimate of drug-likeness (QED) is 0.336. The maximum atomic E-state index is 11.0. The molecule has 0 saturated carbocycles. The SMILES string of the molecule is CCCCC(=O)OCOCOC(=O)CCCC. The van der Waals surface area contributed by atoms with E-state index in [0.717, 1.165) is 25.7 Å². The van der Waals surface area contributed by atoms with Gasteiger partial charge in [-0.1, -0.05) is 26.7 Å². The summed E-state index contributed by atoms with van der Waals surface area (Å²) in [7, 11) is 0. The second-order valence-corrected chi connectivity index (χ2v) is 3.68. The van der Waals surface area contributed by atoms with E-state index in [4.69, 9.17) is 14.2 Å². The summed E-state index contributed by atoms with van der Waals surface area (Å²) >= 11 is 0. The first-order valence-electron chi connectivity index (χ1n) is 6.09. The second-order valence-electron chi connectivity index (χ2n) is 3.68. The molecule has 17 heavy (non-hydrogen) atoms. The first-order chi connectivity index (χ1) is 8.20. The first-order valence-corrected chi connectivity index (χ1v) is 6.09. The number of hydrogen-bond acceptors (Lipinski definition) is 5. The molecule has 0 N–H and O–H groups in total. The van der Waals surface area contributed by atoms with Gasteiger partial charge in [0.05, 0.1) is 0 Å². The topological polar surface area (TPSA) is 61.8 Å². The van der Waals surface area contributed by atoms with E-state index < -0.39 is 0 Å². The molecule has 0 aliphatic rings. The molecular weight excluding hydrogens is 224 g/mol. The van der Waals surface area contributed by atoms with Crippen molar-refractivity contribution in [1.82, 2.24) is 0 Å². The number of rotatable bonds is 10. The summed E-state index contributed by atoms with van der Waals surface area (Å²) in [6.45, 7) is 3.67. The molecule has 0 spiro atoms. The Morgan fingerprint density at radius 1 is 0.824 bits per heavy atom. The Bertz CT molecular complexity index is 193. The molecule has 0 bridgehead atoms. The first kappa shape index (κ1) is 15.9. The Morgan fingerprint density at radius 2 is 1.24 bits per heavy atom. The highest BCUT2D eigenvalue weighted by atomic mass is 16.7. The van der Waals surface area contributed by atoms with Gasteiger partial charge in [0.25, 0.3) is 0 Å². The van der Waals surface area contributed by atoms with E-state index >= 15 is 0 Å². The van der Waals surface area contributed by atoms with Crippen LogP contribution in [0, 0.1) is 0 Å². The van der Waals surface area contributed by atoms with Gasteiger partial charge in [0, 0.05) is 12.8 Å². The molecule has 0 atom stereocenters. The lowest BCUT2D eigenvalue weighted by Crippen LogP contribution is -2.12. The van der Waals surface area contributed by atoms with Crippen molar-refractivity contribution in [3.05, 3.63) is 0 Å². The van der Waals surface area contributed by atoms with E-state index in [0.29, 0.717) is 12.8 Å². The number of hydrogen-bond donors (Lipinski definition) is 0. The average molecular weight is 246 g/mol. The summed E-state index contributed by atoms with van der Waals surface area (Å²) < 4.78 is 14.4. The molecule has 5 nitrogen and oxygen atoms in total. The van der Waals surface area contributed by atoms with E-state index in [1.807, 2.05) is 13.8 Å². The van der Waals surface area contributed by atoms with Crippen molar-refractivity contribution in [3.63, 3.8) is 0 Å². The highest BCUT2D eigenvalue weighted by molar-refractivity contribution is 5.69. The molecule has 0 heterocycles. The van der Waals surface area contributed by atoms with Gasteiger partial charge in [0.15, 0.2) is 13.6 Å². The normalized spacial score (nSPS) is 10.0. The minimum Gasteiger partial charge on any atom is -0.438 e. The van der Waals surface area contributed by atoms with Crippen LogP contribution in [0.4, 0.5) is 0 Å². The van der Waals surface area contributed by atoms with E-state index in [9.17, 15) is 9.59 Å². The fraction of sp³-hybridized carbons (Fsp3) is 0.833. The van der Waals surface area contributed by atoms with Crippen LogP contribution in [0.15, 0.2) is 0 Å². The van der Waals surface area contributed by atoms with E-state index in [1.54, 1.807) is 0 Å². The molecule has 0 rings (SSSR count). The van der Waals surface area contributed by atoms with Crippen molar-refractivity contribution in [3.8, 4) is 0 Å². The summed E-state index contributed by atoms with van der Waals surface area (Å²) in [4.78, 5) is 22.1. The maximum absolute atomic E-state index is 11.0. The third kappa shape index (κ3) is 11.2. The predicted octanol–water partition coefficient (Wildman–Crippen LogP) is 2.38. The monoisotopic (exact) mass is 246 g/mol. The lowest BCUT2D eigenvalue weighted by molar-refractivity contribution is -0.176. The molecule has 0 amide bonds. The van der Waals surface area contributed by atoms with Gasteiger partial charge in [-0.3, -0.25) is 9.59 Å². The average Bonchev–Trinajstić information content (AvgIpc) is 2.33. The van der Waals surface area contributed by atoms with Crippen LogP contribution in [0.2, 0.25) is 0 Å². The Kier molecular flexibility index (Phi) is 10.7. The van der Waals surface area contributed by atoms with Crippen molar-refractivity contribution in [1.29, 1.82) is 0 Å². The zero-order valence-electron chi connectivity index (χ0n) is 10.7. The standard InChI is InChI=1S/C12H22O5/c1-3-5-7-11(13)16-9-15-10-17-12(14)8-6-4-2/h3-10H2,1-2H3. The zero-order chi connectivity index (χ0) is 12.9. The van der Waals surface area contributed by atoms with Gasteiger partial charge >= 0.3 is 11.9 Å². The van der Waals surface area contributed by atoms with Gasteiger partial charge in [-0.25, -0.2) is 0 Å². The molecule has 0 saturated heterocycles. The molecule has 5 heteroatoms. The minimum absolute atomic E-state index is 0.163. The van der Waals surface area contributed by atoms with E-state index in [1.165, 1.54) is 0 Å². The summed E-state index contributed by atoms with van der Waals surface area (Å²) in [5, 5.41) is 0. The number of carbonyl (C=O) groups is 2. The molecule has 0 unspecified atom stereocenters. The van der Waals surface area contributed by atoms with Crippen LogP contribution in [0.1, 0.15) is 52.4 Å². The van der Waals surface area contributed by atoms with Crippen LogP contribution in [0.25, 0.3) is 0 Å². The minimum atomic E-state index is -0.288. The third-order valence-electron chi connectivity index (χ3n) is 2.08. The van der Waals surface area contributed by atoms with Gasteiger partial charge in [-0.05, 0) is 12.8 Å². The third-order valence-corrected chi connectivity index (χ3v) is 2.08. The fourth-order valence-electron chi connectivity index (χ4n) is 1.04. The number of unbranched alkanes of at least 4 members (excludes halogenated alkanes) is 2. The molecule has 0 aromatic rings. The Morgan fingerprint density at radius 3 is 1.59 bits per heavy atom. The Balaban J connectivity index is 3.28. The molecule has 0 radical (unpaired) electrons. The summed E-state index contributed by atoms with van der Waals surface area (Å²) in [5.74, 6) is -0.576. The van der Waals surface area contributed by atoms with Crippen molar-refractivity contribution in [2.45, 2.75) is 52.4 Å². The van der Waals surface area contributed by atoms with Crippen molar-refractivity contribution >= 4 is 11.9 Å². The predicted molar refractivity (Wildman–Crippen MR) is 62.1 cm³/mol. The van der Waals surface area contributed by atoms with Gasteiger partial charge < -0.3 is 14.2 Å². The molecule has 0 aromatic carbocycles. The number of ether oxygens (including phenoxy) is 3. The van der Waals surface area contributed by atoms with Crippen LogP contribution in [-0.2, 0) is 23.8 Å². The molecule has 0 aliphatic heterocycles. The lowest BCUT2D eigenvalue weighted by Gasteiger charge is -2.06. The smallest absolute Gasteiger partial charge is 0.307 e. The van der Waals surface area contributed by atoms with Crippen LogP contribution < -0.4 is 0 Å². The van der Waals surface area contributed by atoms with E-state index in [-0.39, 0.29) is 25.5 Å². The van der Waals surface area contributed by atoms with Crippen molar-refractivity contribution in [2.75, 3.05) is 13.6 Å². The van der Waals surface area contributed by atoms with Gasteiger partial charge in [-0.2, -0.15) is 0 Å². The van der Waals surface area contributed by atoms with Crippen molar-refractivity contribution in [2.24, 2.45) is 0 Å². The fourth-order valence-corrected chi connectivity index (χ4v) is 1.04. The Hall–Kier alpha value is -1.10. The van der Waals surface area contributed by atoms with E-state index in [2.05, 4.69) is 0 Å². The highest BCUT2D eigenvalue weighted by Gasteiger charge is 2.03. The van der Waals surface area contributed by atoms with Crippen LogP contribution >= 0.6 is 0 Å². The van der Waals surface area contributed by atoms with Crippen molar-refractivity contribution < 1.29 is 23.8 Å². The van der Waals surface area contributed by atoms with Gasteiger partial charge in [0.1, 0.15) is 0 Å². The lowest BCUT2D eigenvalue weighted by atomic mass is 10.3. The van der Waals surface area contributed by atoms with Gasteiger partial charge in [0.2, 0.25) is 0 Å². The van der Waals surface area contributed by atoms with Crippen LogP contribution in [0.5, 0.6) is 0 Å². The number of carbonyl (C=O) groups excluding carboxylic acids is 2. The molecule has 0 aromatic heterocycles.